The third-order valence-corrected chi connectivity index (χ3v) is 6.01. The van der Waals surface area contributed by atoms with Gasteiger partial charge in [-0.2, -0.15) is 0 Å². The Labute approximate surface area is 217 Å². The fourth-order valence-electron chi connectivity index (χ4n) is 3.14. The van der Waals surface area contributed by atoms with Gasteiger partial charge in [0.05, 0.1) is 17.1 Å². The van der Waals surface area contributed by atoms with Gasteiger partial charge < -0.3 is 20.1 Å². The van der Waals surface area contributed by atoms with Gasteiger partial charge >= 0.3 is 17.9 Å². The third-order valence-electron chi connectivity index (χ3n) is 5.07. The third kappa shape index (κ3) is 8.10. The second kappa shape index (κ2) is 12.9. The maximum Gasteiger partial charge on any atom is 0.339 e. The number of hydrogen-bond acceptors (Lipinski definition) is 4. The van der Waals surface area contributed by atoms with E-state index >= 15 is 0 Å². The first-order chi connectivity index (χ1) is 16.6. The number of benzene rings is 3. The summed E-state index contributed by atoms with van der Waals surface area (Å²) in [5.41, 5.74) is 0.971. The van der Waals surface area contributed by atoms with Gasteiger partial charge in [0.1, 0.15) is 11.3 Å². The molecule has 0 spiro atoms. The first kappa shape index (κ1) is 27.8. The molecule has 7 nitrogen and oxygen atoms in total. The second-order valence-corrected chi connectivity index (χ2v) is 9.17. The van der Waals surface area contributed by atoms with E-state index in [9.17, 15) is 14.4 Å². The minimum atomic E-state index is -0.962. The molecule has 0 saturated heterocycles. The van der Waals surface area contributed by atoms with Gasteiger partial charge in [0.15, 0.2) is 0 Å². The van der Waals surface area contributed by atoms with Gasteiger partial charge in [-0.05, 0) is 79.1 Å². The number of carboxylic acid groups (broad SMARTS) is 3. The second-order valence-electron chi connectivity index (χ2n) is 8.01. The van der Waals surface area contributed by atoms with E-state index in [1.54, 1.807) is 36.4 Å². The van der Waals surface area contributed by atoms with Crippen LogP contribution in [0.15, 0.2) is 78.9 Å². The van der Waals surface area contributed by atoms with Gasteiger partial charge in [-0.3, -0.25) is 4.79 Å². The van der Waals surface area contributed by atoms with Crippen LogP contribution >= 0.6 is 22.6 Å². The predicted molar refractivity (Wildman–Crippen MR) is 140 cm³/mol. The topological polar surface area (TPSA) is 121 Å². The maximum absolute atomic E-state index is 10.9. The van der Waals surface area contributed by atoms with Crippen molar-refractivity contribution in [2.75, 3.05) is 0 Å². The molecule has 3 N–H and O–H groups in total. The summed E-state index contributed by atoms with van der Waals surface area (Å²) in [6.07, 6.45) is 1.55. The molecule has 1 aliphatic carbocycles. The van der Waals surface area contributed by atoms with Crippen LogP contribution in [0.2, 0.25) is 0 Å². The lowest BCUT2D eigenvalue weighted by Gasteiger charge is -2.11. The van der Waals surface area contributed by atoms with Crippen LogP contribution in [0.25, 0.3) is 0 Å². The summed E-state index contributed by atoms with van der Waals surface area (Å²) in [6.45, 7) is 3.72. The Morgan fingerprint density at radius 2 is 1.26 bits per heavy atom. The Bertz CT molecular complexity index is 1150. The zero-order valence-corrected chi connectivity index (χ0v) is 21.5. The molecule has 0 bridgehead atoms. The van der Waals surface area contributed by atoms with E-state index in [1.807, 2.05) is 72.8 Å². The van der Waals surface area contributed by atoms with E-state index in [2.05, 4.69) is 0 Å². The molecule has 0 aliphatic heterocycles. The zero-order valence-electron chi connectivity index (χ0n) is 19.3. The standard InChI is InChI=1S/C10H12O3.C10H10O2.C7H5IO2/c1-7(2)13-9-6-4-3-5-8(9)10(11)12;11-9(12)10(6-7-10)8-4-2-1-3-5-8;8-6-4-2-1-3-5(6)7(9)10/h3-7H,1-2H3,(H,11,12);1-5H,6-7H2,(H,11,12);1-4H,(H,9,10). The fourth-order valence-corrected chi connectivity index (χ4v) is 3.76. The zero-order chi connectivity index (χ0) is 26.0. The summed E-state index contributed by atoms with van der Waals surface area (Å²) < 4.78 is 6.10. The fraction of sp³-hybridized carbons (Fsp3) is 0.222. The number of ether oxygens (including phenoxy) is 1. The Balaban J connectivity index is 0.000000187. The van der Waals surface area contributed by atoms with Crippen molar-refractivity contribution in [3.8, 4) is 5.75 Å². The van der Waals surface area contributed by atoms with Crippen molar-refractivity contribution in [2.24, 2.45) is 0 Å². The largest absolute Gasteiger partial charge is 0.490 e. The van der Waals surface area contributed by atoms with E-state index in [1.165, 1.54) is 6.07 Å². The van der Waals surface area contributed by atoms with Crippen LogP contribution in [0.1, 0.15) is 53.0 Å². The SMILES string of the molecule is CC(C)Oc1ccccc1C(=O)O.O=C(O)C1(c2ccccc2)CC1.O=C(O)c1ccccc1I. The number of aromatic carboxylic acids is 2. The highest BCUT2D eigenvalue weighted by Crippen LogP contribution is 2.48. The van der Waals surface area contributed by atoms with Gasteiger partial charge in [0.25, 0.3) is 0 Å². The molecule has 35 heavy (non-hydrogen) atoms. The van der Waals surface area contributed by atoms with Crippen molar-refractivity contribution in [3.05, 3.63) is 99.1 Å². The van der Waals surface area contributed by atoms with Crippen LogP contribution in [0.5, 0.6) is 5.75 Å². The summed E-state index contributed by atoms with van der Waals surface area (Å²) in [6, 6.07) is 23.0. The van der Waals surface area contributed by atoms with E-state index in [4.69, 9.17) is 20.1 Å². The molecule has 8 heteroatoms. The molecule has 0 unspecified atom stereocenters. The highest BCUT2D eigenvalue weighted by Gasteiger charge is 2.51. The van der Waals surface area contributed by atoms with Gasteiger partial charge in [-0.25, -0.2) is 9.59 Å². The van der Waals surface area contributed by atoms with Crippen LogP contribution in [0.3, 0.4) is 0 Å². The van der Waals surface area contributed by atoms with Crippen LogP contribution in [-0.4, -0.2) is 39.3 Å². The highest BCUT2D eigenvalue weighted by molar-refractivity contribution is 14.1. The van der Waals surface area contributed by atoms with Gasteiger partial charge in [0, 0.05) is 3.57 Å². The first-order valence-electron chi connectivity index (χ1n) is 10.8. The maximum atomic E-state index is 10.9. The molecule has 0 heterocycles. The van der Waals surface area contributed by atoms with Crippen LogP contribution in [0, 0.1) is 3.57 Å². The molecule has 1 fully saturated rings. The minimum Gasteiger partial charge on any atom is -0.490 e. The number of carboxylic acids is 3. The van der Waals surface area contributed by atoms with Crippen molar-refractivity contribution >= 4 is 40.5 Å². The summed E-state index contributed by atoms with van der Waals surface area (Å²) in [4.78, 5) is 32.0. The van der Waals surface area contributed by atoms with Crippen molar-refractivity contribution in [3.63, 3.8) is 0 Å². The quantitative estimate of drug-likeness (QED) is 0.303. The van der Waals surface area contributed by atoms with Crippen LogP contribution in [-0.2, 0) is 10.2 Å². The molecule has 1 saturated carbocycles. The number of para-hydroxylation sites is 1. The van der Waals surface area contributed by atoms with Crippen molar-refractivity contribution in [1.29, 1.82) is 0 Å². The molecule has 1 aliphatic rings. The molecule has 0 atom stereocenters. The first-order valence-corrected chi connectivity index (χ1v) is 11.9. The monoisotopic (exact) mass is 590 g/mol. The summed E-state index contributed by atoms with van der Waals surface area (Å²) in [7, 11) is 0. The van der Waals surface area contributed by atoms with Crippen LogP contribution < -0.4 is 4.74 Å². The molecule has 0 aromatic heterocycles. The highest BCUT2D eigenvalue weighted by atomic mass is 127. The Hall–Kier alpha value is -3.40. The average Bonchev–Trinajstić information content (AvgIpc) is 3.63. The predicted octanol–water partition coefficient (Wildman–Crippen LogP) is 5.96. The van der Waals surface area contributed by atoms with Crippen molar-refractivity contribution < 1.29 is 34.4 Å². The van der Waals surface area contributed by atoms with Crippen LogP contribution in [0.4, 0.5) is 0 Å². The van der Waals surface area contributed by atoms with E-state index < -0.39 is 23.3 Å². The lowest BCUT2D eigenvalue weighted by atomic mass is 9.97. The smallest absolute Gasteiger partial charge is 0.339 e. The summed E-state index contributed by atoms with van der Waals surface area (Å²) in [5, 5.41) is 26.3. The minimum absolute atomic E-state index is 0.0134. The van der Waals surface area contributed by atoms with Crippen molar-refractivity contribution in [2.45, 2.75) is 38.2 Å². The van der Waals surface area contributed by atoms with Crippen molar-refractivity contribution in [1.82, 2.24) is 0 Å². The number of carbonyl (C=O) groups is 3. The Morgan fingerprint density at radius 1 is 0.771 bits per heavy atom. The average molecular weight is 590 g/mol. The van der Waals surface area contributed by atoms with Gasteiger partial charge in [-0.15, -0.1) is 0 Å². The molecule has 0 radical (unpaired) electrons. The summed E-state index contributed by atoms with van der Waals surface area (Å²) >= 11 is 1.99. The van der Waals surface area contributed by atoms with E-state index in [0.717, 1.165) is 22.0 Å². The number of hydrogen-bond donors (Lipinski definition) is 3. The molecular formula is C27H27IO7. The van der Waals surface area contributed by atoms with Gasteiger partial charge in [-0.1, -0.05) is 54.6 Å². The van der Waals surface area contributed by atoms with E-state index in [0.29, 0.717) is 11.3 Å². The Morgan fingerprint density at radius 3 is 1.69 bits per heavy atom. The number of rotatable bonds is 6. The lowest BCUT2D eigenvalue weighted by Crippen LogP contribution is -2.19. The summed E-state index contributed by atoms with van der Waals surface area (Å²) in [5.74, 6) is -2.10. The molecule has 3 aromatic carbocycles. The van der Waals surface area contributed by atoms with E-state index in [-0.39, 0.29) is 11.7 Å². The number of aliphatic carboxylic acids is 1. The number of halogens is 1. The Kier molecular flexibility index (Phi) is 10.3. The molecule has 3 aromatic rings. The molecule has 184 valence electrons. The normalized spacial score (nSPS) is 12.8. The van der Waals surface area contributed by atoms with Gasteiger partial charge in [0.2, 0.25) is 0 Å². The molecular weight excluding hydrogens is 563 g/mol. The molecule has 0 amide bonds. The lowest BCUT2D eigenvalue weighted by molar-refractivity contribution is -0.140. The molecule has 4 rings (SSSR count).